The van der Waals surface area contributed by atoms with Crippen LogP contribution >= 0.6 is 0 Å². The lowest BCUT2D eigenvalue weighted by Gasteiger charge is -2.39. The smallest absolute Gasteiger partial charge is 0.243 e. The van der Waals surface area contributed by atoms with Gasteiger partial charge in [0.2, 0.25) is 5.91 Å². The lowest BCUT2D eigenvalue weighted by atomic mass is 9.82. The quantitative estimate of drug-likeness (QED) is 0.721. The lowest BCUT2D eigenvalue weighted by Crippen LogP contribution is -2.42. The van der Waals surface area contributed by atoms with Crippen molar-refractivity contribution < 1.29 is 9.53 Å². The third-order valence-electron chi connectivity index (χ3n) is 2.46. The van der Waals surface area contributed by atoms with E-state index in [2.05, 4.69) is 32.7 Å². The number of ether oxygens (including phenoxy) is 1. The van der Waals surface area contributed by atoms with Gasteiger partial charge in [-0.3, -0.25) is 4.79 Å². The zero-order chi connectivity index (χ0) is 11.5. The molecule has 0 atom stereocenters. The minimum absolute atomic E-state index is 0.0556. The van der Waals surface area contributed by atoms with Gasteiger partial charge in [-0.15, -0.1) is 0 Å². The van der Waals surface area contributed by atoms with Crippen LogP contribution < -0.4 is 5.32 Å². The molecule has 1 rings (SSSR count). The maximum Gasteiger partial charge on any atom is 0.243 e. The van der Waals surface area contributed by atoms with Crippen LogP contribution in [-0.4, -0.2) is 24.2 Å². The van der Waals surface area contributed by atoms with Crippen LogP contribution in [0.15, 0.2) is 12.7 Å². The molecule has 3 heteroatoms. The predicted octanol–water partition coefficient (Wildman–Crippen LogP) is 1.88. The van der Waals surface area contributed by atoms with Gasteiger partial charge in [0.15, 0.2) is 0 Å². The zero-order valence-electron chi connectivity index (χ0n) is 9.88. The van der Waals surface area contributed by atoms with Crippen LogP contribution in [-0.2, 0) is 9.53 Å². The van der Waals surface area contributed by atoms with Crippen LogP contribution in [0.25, 0.3) is 0 Å². The van der Waals surface area contributed by atoms with Crippen molar-refractivity contribution in [2.45, 2.75) is 45.3 Å². The number of nitrogens with one attached hydrogen (secondary N) is 1. The van der Waals surface area contributed by atoms with Gasteiger partial charge in [-0.2, -0.15) is 0 Å². The second-order valence-corrected chi connectivity index (χ2v) is 5.14. The highest BCUT2D eigenvalue weighted by Gasteiger charge is 2.32. The second kappa shape index (κ2) is 4.79. The molecular weight excluding hydrogens is 190 g/mol. The Labute approximate surface area is 91.9 Å². The molecule has 15 heavy (non-hydrogen) atoms. The highest BCUT2D eigenvalue weighted by atomic mass is 16.5. The standard InChI is InChI=1S/C12H21NO2/c1-5-11(14)13-8-9-6-10(7-9)15-12(2,3)4/h5,9-10H,1,6-8H2,2-4H3,(H,13,14). The van der Waals surface area contributed by atoms with Gasteiger partial charge >= 0.3 is 0 Å². The van der Waals surface area contributed by atoms with Gasteiger partial charge in [-0.25, -0.2) is 0 Å². The molecule has 0 bridgehead atoms. The minimum Gasteiger partial charge on any atom is -0.373 e. The van der Waals surface area contributed by atoms with Crippen LogP contribution in [0.5, 0.6) is 0 Å². The summed E-state index contributed by atoms with van der Waals surface area (Å²) in [6.45, 7) is 10.4. The Morgan fingerprint density at radius 3 is 2.60 bits per heavy atom. The highest BCUT2D eigenvalue weighted by Crippen LogP contribution is 2.32. The molecule has 0 unspecified atom stereocenters. The van der Waals surface area contributed by atoms with Crippen LogP contribution in [0.2, 0.25) is 0 Å². The summed E-state index contributed by atoms with van der Waals surface area (Å²) in [6.07, 6.45) is 3.78. The van der Waals surface area contributed by atoms with Crippen LogP contribution in [0, 0.1) is 5.92 Å². The predicted molar refractivity (Wildman–Crippen MR) is 60.6 cm³/mol. The molecule has 0 saturated heterocycles. The third kappa shape index (κ3) is 4.47. The van der Waals surface area contributed by atoms with Gasteiger partial charge in [-0.05, 0) is 45.6 Å². The normalized spacial score (nSPS) is 25.5. The third-order valence-corrected chi connectivity index (χ3v) is 2.46. The summed E-state index contributed by atoms with van der Waals surface area (Å²) < 4.78 is 5.80. The molecule has 1 fully saturated rings. The molecule has 1 aliphatic carbocycles. The molecule has 1 saturated carbocycles. The van der Waals surface area contributed by atoms with Gasteiger partial charge in [-0.1, -0.05) is 6.58 Å². The average molecular weight is 211 g/mol. The van der Waals surface area contributed by atoms with Gasteiger partial charge in [0.05, 0.1) is 11.7 Å². The molecule has 0 radical (unpaired) electrons. The van der Waals surface area contributed by atoms with Crippen molar-refractivity contribution in [3.63, 3.8) is 0 Å². The monoisotopic (exact) mass is 211 g/mol. The van der Waals surface area contributed by atoms with E-state index < -0.39 is 0 Å². The number of hydrogen-bond acceptors (Lipinski definition) is 2. The van der Waals surface area contributed by atoms with Gasteiger partial charge < -0.3 is 10.1 Å². The Balaban J connectivity index is 2.10. The number of rotatable bonds is 4. The molecule has 1 aliphatic rings. The fourth-order valence-electron chi connectivity index (χ4n) is 1.75. The first-order chi connectivity index (χ1) is 6.90. The second-order valence-electron chi connectivity index (χ2n) is 5.14. The first-order valence-corrected chi connectivity index (χ1v) is 5.49. The maximum atomic E-state index is 10.9. The van der Waals surface area contributed by atoms with E-state index in [4.69, 9.17) is 4.74 Å². The number of hydrogen-bond donors (Lipinski definition) is 1. The van der Waals surface area contributed by atoms with E-state index >= 15 is 0 Å². The summed E-state index contributed by atoms with van der Waals surface area (Å²) in [6, 6.07) is 0. The Bertz CT molecular complexity index is 236. The molecule has 0 aromatic heterocycles. The minimum atomic E-state index is -0.0878. The van der Waals surface area contributed by atoms with Gasteiger partial charge in [0, 0.05) is 6.54 Å². The van der Waals surface area contributed by atoms with E-state index in [9.17, 15) is 4.79 Å². The van der Waals surface area contributed by atoms with Crippen molar-refractivity contribution in [2.75, 3.05) is 6.54 Å². The Kier molecular flexibility index (Phi) is 3.91. The van der Waals surface area contributed by atoms with E-state index in [1.807, 2.05) is 0 Å². The van der Waals surface area contributed by atoms with E-state index in [1.165, 1.54) is 6.08 Å². The zero-order valence-corrected chi connectivity index (χ0v) is 9.88. The molecular formula is C12H21NO2. The van der Waals surface area contributed by atoms with Crippen LogP contribution in [0.4, 0.5) is 0 Å². The molecule has 86 valence electrons. The van der Waals surface area contributed by atoms with E-state index in [-0.39, 0.29) is 11.5 Å². The van der Waals surface area contributed by atoms with E-state index in [1.54, 1.807) is 0 Å². The van der Waals surface area contributed by atoms with Crippen molar-refractivity contribution in [3.8, 4) is 0 Å². The molecule has 0 aliphatic heterocycles. The largest absolute Gasteiger partial charge is 0.373 e. The average Bonchev–Trinajstić information content (AvgIpc) is 2.06. The number of amides is 1. The van der Waals surface area contributed by atoms with E-state index in [0.717, 1.165) is 19.4 Å². The van der Waals surface area contributed by atoms with Crippen molar-refractivity contribution in [1.29, 1.82) is 0 Å². The SMILES string of the molecule is C=CC(=O)NCC1CC(OC(C)(C)C)C1. The molecule has 0 aromatic rings. The van der Waals surface area contributed by atoms with Gasteiger partial charge in [0.25, 0.3) is 0 Å². The Morgan fingerprint density at radius 1 is 1.53 bits per heavy atom. The van der Waals surface area contributed by atoms with E-state index in [0.29, 0.717) is 12.0 Å². The maximum absolute atomic E-state index is 10.9. The molecule has 1 N–H and O–H groups in total. The first-order valence-electron chi connectivity index (χ1n) is 5.49. The molecule has 0 aromatic carbocycles. The summed E-state index contributed by atoms with van der Waals surface area (Å²) in [5.41, 5.74) is -0.0556. The first kappa shape index (κ1) is 12.2. The number of carbonyl (C=O) groups is 1. The lowest BCUT2D eigenvalue weighted by molar-refractivity contribution is -0.121. The summed E-state index contributed by atoms with van der Waals surface area (Å²) in [5.74, 6) is 0.483. The van der Waals surface area contributed by atoms with Crippen LogP contribution in [0.1, 0.15) is 33.6 Å². The highest BCUT2D eigenvalue weighted by molar-refractivity contribution is 5.86. The Morgan fingerprint density at radius 2 is 2.13 bits per heavy atom. The summed E-state index contributed by atoms with van der Waals surface area (Å²) >= 11 is 0. The Hall–Kier alpha value is -0.830. The fourth-order valence-corrected chi connectivity index (χ4v) is 1.75. The summed E-state index contributed by atoms with van der Waals surface area (Å²) in [4.78, 5) is 10.9. The molecule has 0 heterocycles. The molecule has 0 spiro atoms. The molecule has 1 amide bonds. The van der Waals surface area contributed by atoms with Crippen LogP contribution in [0.3, 0.4) is 0 Å². The summed E-state index contributed by atoms with van der Waals surface area (Å²) in [5, 5.41) is 2.81. The topological polar surface area (TPSA) is 38.3 Å². The van der Waals surface area contributed by atoms with Crippen molar-refractivity contribution in [1.82, 2.24) is 5.32 Å². The van der Waals surface area contributed by atoms with Crippen molar-refractivity contribution >= 4 is 5.91 Å². The summed E-state index contributed by atoms with van der Waals surface area (Å²) in [7, 11) is 0. The van der Waals surface area contributed by atoms with Crippen molar-refractivity contribution in [2.24, 2.45) is 5.92 Å². The fraction of sp³-hybridized carbons (Fsp3) is 0.750. The number of carbonyl (C=O) groups excluding carboxylic acids is 1. The molecule has 3 nitrogen and oxygen atoms in total. The van der Waals surface area contributed by atoms with Crippen molar-refractivity contribution in [3.05, 3.63) is 12.7 Å². The van der Waals surface area contributed by atoms with Gasteiger partial charge in [0.1, 0.15) is 0 Å².